The van der Waals surface area contributed by atoms with Crippen molar-refractivity contribution in [2.45, 2.75) is 12.5 Å². The lowest BCUT2D eigenvalue weighted by molar-refractivity contribution is -0.118. The highest BCUT2D eigenvalue weighted by molar-refractivity contribution is 6.41. The lowest BCUT2D eigenvalue weighted by Gasteiger charge is -2.19. The monoisotopic (exact) mass is 367 g/mol. The van der Waals surface area contributed by atoms with Gasteiger partial charge in [-0.2, -0.15) is 0 Å². The number of primary amides is 1. The molecule has 0 saturated carbocycles. The number of aromatic carboxylic acids is 1. The number of aromatic amines is 1. The van der Waals surface area contributed by atoms with Gasteiger partial charge >= 0.3 is 5.97 Å². The molecular formula is C11H12Cl3N5O3. The number of aromatic nitrogens is 3. The van der Waals surface area contributed by atoms with Crippen molar-refractivity contribution in [3.05, 3.63) is 33.8 Å². The van der Waals surface area contributed by atoms with Gasteiger partial charge in [0, 0.05) is 0 Å². The van der Waals surface area contributed by atoms with Gasteiger partial charge in [-0.25, -0.2) is 9.78 Å². The molecule has 1 atom stereocenters. The summed E-state index contributed by atoms with van der Waals surface area (Å²) < 4.78 is 1.20. The smallest absolute Gasteiger partial charge is 0.352 e. The van der Waals surface area contributed by atoms with Crippen LogP contribution in [0.2, 0.25) is 10.2 Å². The lowest BCUT2D eigenvalue weighted by atomic mass is 10.1. The van der Waals surface area contributed by atoms with Crippen LogP contribution in [0.1, 0.15) is 28.6 Å². The van der Waals surface area contributed by atoms with E-state index in [1.807, 2.05) is 0 Å². The van der Waals surface area contributed by atoms with Crippen molar-refractivity contribution in [3.8, 4) is 0 Å². The predicted molar refractivity (Wildman–Crippen MR) is 83.6 cm³/mol. The fourth-order valence-electron chi connectivity index (χ4n) is 1.99. The number of H-pyrrole nitrogens is 1. The molecule has 2 rings (SSSR count). The first-order valence-electron chi connectivity index (χ1n) is 5.69. The predicted octanol–water partition coefficient (Wildman–Crippen LogP) is 1.68. The van der Waals surface area contributed by atoms with E-state index in [4.69, 9.17) is 34.7 Å². The summed E-state index contributed by atoms with van der Waals surface area (Å²) in [6, 6.07) is 0.387. The minimum atomic E-state index is -1.24. The Kier molecular flexibility index (Phi) is 5.70. The first-order valence-corrected chi connectivity index (χ1v) is 6.45. The number of halogens is 3. The van der Waals surface area contributed by atoms with Crippen LogP contribution < -0.4 is 11.5 Å². The third-order valence-electron chi connectivity index (χ3n) is 2.83. The number of nitrogens with zero attached hydrogens (tertiary/aromatic N) is 2. The Morgan fingerprint density at radius 1 is 1.45 bits per heavy atom. The fourth-order valence-corrected chi connectivity index (χ4v) is 2.45. The van der Waals surface area contributed by atoms with E-state index in [-0.39, 0.29) is 40.6 Å². The molecule has 2 heterocycles. The first kappa shape index (κ1) is 18.1. The number of nitrogens with two attached hydrogens (primary N) is 2. The number of imidazole rings is 1. The first-order chi connectivity index (χ1) is 9.81. The number of carboxylic acid groups (broad SMARTS) is 1. The molecule has 0 spiro atoms. The number of amides is 1. The average molecular weight is 369 g/mol. The summed E-state index contributed by atoms with van der Waals surface area (Å²) >= 11 is 11.9. The second-order valence-corrected chi connectivity index (χ2v) is 5.02. The SMILES string of the molecule is Cl.NC(=O)CC(c1cnc(N)[nH]1)n1c(C(=O)O)cc(Cl)c1Cl. The Hall–Kier alpha value is -1.90. The summed E-state index contributed by atoms with van der Waals surface area (Å²) in [7, 11) is 0. The maximum atomic E-state index is 11.3. The van der Waals surface area contributed by atoms with Gasteiger partial charge in [0.25, 0.3) is 0 Å². The highest BCUT2D eigenvalue weighted by Crippen LogP contribution is 2.33. The van der Waals surface area contributed by atoms with Crippen LogP contribution in [0, 0.1) is 0 Å². The second-order valence-electron chi connectivity index (χ2n) is 4.25. The van der Waals surface area contributed by atoms with E-state index >= 15 is 0 Å². The summed E-state index contributed by atoms with van der Waals surface area (Å²) in [6.07, 6.45) is 1.17. The van der Waals surface area contributed by atoms with Gasteiger partial charge < -0.3 is 26.1 Å². The van der Waals surface area contributed by atoms with Gasteiger partial charge in [0.05, 0.1) is 29.4 Å². The highest BCUT2D eigenvalue weighted by atomic mass is 35.5. The van der Waals surface area contributed by atoms with Crippen LogP contribution in [0.5, 0.6) is 0 Å². The number of hydrogen-bond donors (Lipinski definition) is 4. The van der Waals surface area contributed by atoms with E-state index in [1.54, 1.807) is 0 Å². The largest absolute Gasteiger partial charge is 0.477 e. The molecule has 1 amide bonds. The molecule has 1 unspecified atom stereocenters. The van der Waals surface area contributed by atoms with Gasteiger partial charge in [-0.3, -0.25) is 4.79 Å². The standard InChI is InChI=1S/C11H11Cl2N5O3.ClH/c12-4-1-7(10(20)21)18(9(4)13)6(2-8(14)19)5-3-16-11(15)17-5;/h1,3,6H,2H2,(H2,14,19)(H,20,21)(H3,15,16,17);1H. The van der Waals surface area contributed by atoms with Crippen molar-refractivity contribution >= 4 is 53.4 Å². The number of hydrogen-bond acceptors (Lipinski definition) is 4. The molecule has 0 aliphatic rings. The van der Waals surface area contributed by atoms with Crippen LogP contribution in [0.4, 0.5) is 5.95 Å². The number of carboxylic acids is 1. The number of nitrogen functional groups attached to an aromatic ring is 1. The molecule has 0 aliphatic heterocycles. The third kappa shape index (κ3) is 3.46. The molecular weight excluding hydrogens is 357 g/mol. The summed E-state index contributed by atoms with van der Waals surface area (Å²) in [4.78, 5) is 29.1. The quantitative estimate of drug-likeness (QED) is 0.635. The van der Waals surface area contributed by atoms with Crippen molar-refractivity contribution in [2.75, 3.05) is 5.73 Å². The Morgan fingerprint density at radius 3 is 2.55 bits per heavy atom. The maximum absolute atomic E-state index is 11.3. The van der Waals surface area contributed by atoms with Gasteiger partial charge in [0.2, 0.25) is 5.91 Å². The molecule has 0 saturated heterocycles. The van der Waals surface area contributed by atoms with Gasteiger partial charge in [-0.05, 0) is 6.07 Å². The number of rotatable bonds is 5. The number of nitrogens with one attached hydrogen (secondary N) is 1. The molecule has 120 valence electrons. The number of carbonyl (C=O) groups excluding carboxylic acids is 1. The van der Waals surface area contributed by atoms with Crippen molar-refractivity contribution in [2.24, 2.45) is 5.73 Å². The van der Waals surface area contributed by atoms with Crippen molar-refractivity contribution in [1.82, 2.24) is 14.5 Å². The van der Waals surface area contributed by atoms with Crippen LogP contribution in [-0.4, -0.2) is 31.5 Å². The zero-order valence-electron chi connectivity index (χ0n) is 10.9. The fraction of sp³-hybridized carbons (Fsp3) is 0.182. The highest BCUT2D eigenvalue weighted by Gasteiger charge is 2.27. The molecule has 0 radical (unpaired) electrons. The van der Waals surface area contributed by atoms with Gasteiger partial charge in [0.15, 0.2) is 5.95 Å². The van der Waals surface area contributed by atoms with Crippen LogP contribution >= 0.6 is 35.6 Å². The number of carbonyl (C=O) groups is 2. The lowest BCUT2D eigenvalue weighted by Crippen LogP contribution is -2.23. The summed E-state index contributed by atoms with van der Waals surface area (Å²) in [5.41, 5.74) is 10.9. The normalized spacial score (nSPS) is 11.7. The van der Waals surface area contributed by atoms with E-state index in [2.05, 4.69) is 9.97 Å². The van der Waals surface area contributed by atoms with Crippen molar-refractivity contribution in [3.63, 3.8) is 0 Å². The molecule has 6 N–H and O–H groups in total. The van der Waals surface area contributed by atoms with Gasteiger partial charge in [0.1, 0.15) is 10.8 Å². The average Bonchev–Trinajstić information content (AvgIpc) is 2.93. The summed E-state index contributed by atoms with van der Waals surface area (Å²) in [5, 5.41) is 9.27. The van der Waals surface area contributed by atoms with E-state index in [9.17, 15) is 14.7 Å². The van der Waals surface area contributed by atoms with E-state index in [0.717, 1.165) is 0 Å². The maximum Gasteiger partial charge on any atom is 0.352 e. The summed E-state index contributed by atoms with van der Waals surface area (Å²) in [6.45, 7) is 0. The van der Waals surface area contributed by atoms with E-state index in [1.165, 1.54) is 16.8 Å². The van der Waals surface area contributed by atoms with Gasteiger partial charge in [-0.15, -0.1) is 12.4 Å². The molecule has 11 heteroatoms. The zero-order chi connectivity index (χ0) is 15.7. The Labute approximate surface area is 140 Å². The van der Waals surface area contributed by atoms with E-state index in [0.29, 0.717) is 5.69 Å². The molecule has 0 aliphatic carbocycles. The second kappa shape index (κ2) is 6.91. The van der Waals surface area contributed by atoms with Crippen molar-refractivity contribution in [1.29, 1.82) is 0 Å². The summed E-state index contributed by atoms with van der Waals surface area (Å²) in [5.74, 6) is -1.78. The number of anilines is 1. The minimum absolute atomic E-state index is 0. The van der Waals surface area contributed by atoms with Crippen LogP contribution in [0.15, 0.2) is 12.3 Å². The van der Waals surface area contributed by atoms with Crippen LogP contribution in [0.25, 0.3) is 0 Å². The third-order valence-corrected chi connectivity index (χ3v) is 3.60. The Bertz CT molecular complexity index is 712. The van der Waals surface area contributed by atoms with Gasteiger partial charge in [-0.1, -0.05) is 23.2 Å². The molecule has 0 fully saturated rings. The molecule has 0 bridgehead atoms. The minimum Gasteiger partial charge on any atom is -0.477 e. The Morgan fingerprint density at radius 2 is 2.09 bits per heavy atom. The molecule has 2 aromatic rings. The van der Waals surface area contributed by atoms with Crippen LogP contribution in [-0.2, 0) is 4.79 Å². The molecule has 22 heavy (non-hydrogen) atoms. The molecule has 0 aromatic carbocycles. The zero-order valence-corrected chi connectivity index (χ0v) is 13.2. The molecule has 8 nitrogen and oxygen atoms in total. The van der Waals surface area contributed by atoms with Crippen molar-refractivity contribution < 1.29 is 14.7 Å². The van der Waals surface area contributed by atoms with E-state index < -0.39 is 17.9 Å². The Balaban J connectivity index is 0.00000242. The topological polar surface area (TPSA) is 140 Å². The van der Waals surface area contributed by atoms with Crippen LogP contribution in [0.3, 0.4) is 0 Å². The molecule has 2 aromatic heterocycles.